The van der Waals surface area contributed by atoms with Crippen molar-refractivity contribution in [3.05, 3.63) is 74.7 Å². The van der Waals surface area contributed by atoms with Gasteiger partial charge in [0.1, 0.15) is 17.2 Å². The molecule has 0 saturated heterocycles. The third-order valence-corrected chi connectivity index (χ3v) is 6.99. The number of imidazole rings is 1. The summed E-state index contributed by atoms with van der Waals surface area (Å²) < 4.78 is 4.93. The lowest BCUT2D eigenvalue weighted by molar-refractivity contribution is -0.116. The van der Waals surface area contributed by atoms with E-state index in [9.17, 15) is 14.4 Å². The van der Waals surface area contributed by atoms with Gasteiger partial charge >= 0.3 is 5.69 Å². The number of anilines is 1. The summed E-state index contributed by atoms with van der Waals surface area (Å²) in [5.74, 6) is -0.305. The number of hydrogen-bond donors (Lipinski definition) is 1. The van der Waals surface area contributed by atoms with Crippen molar-refractivity contribution in [3.63, 3.8) is 0 Å². The van der Waals surface area contributed by atoms with Gasteiger partial charge in [-0.25, -0.2) is 14.8 Å². The number of carbonyl (C=O) groups is 1. The first-order valence-corrected chi connectivity index (χ1v) is 11.4. The number of thiazole rings is 1. The summed E-state index contributed by atoms with van der Waals surface area (Å²) in [7, 11) is 2.95. The minimum atomic E-state index is -0.494. The second-order valence-electron chi connectivity index (χ2n) is 8.30. The van der Waals surface area contributed by atoms with Crippen molar-refractivity contribution in [2.24, 2.45) is 14.1 Å². The average Bonchev–Trinajstić information content (AvgIpc) is 3.41. The van der Waals surface area contributed by atoms with Gasteiger partial charge in [0.2, 0.25) is 5.91 Å². The monoisotopic (exact) mass is 474 g/mol. The zero-order chi connectivity index (χ0) is 24.1. The Morgan fingerprint density at radius 2 is 1.82 bits per heavy atom. The van der Waals surface area contributed by atoms with Crippen molar-refractivity contribution in [1.82, 2.24) is 23.7 Å². The van der Waals surface area contributed by atoms with Crippen molar-refractivity contribution in [2.45, 2.75) is 20.4 Å². The normalized spacial score (nSPS) is 11.4. The van der Waals surface area contributed by atoms with Gasteiger partial charge in [0.15, 0.2) is 5.52 Å². The lowest BCUT2D eigenvalue weighted by atomic mass is 10.1. The molecule has 5 aromatic rings. The molecule has 0 radical (unpaired) electrons. The maximum absolute atomic E-state index is 12.8. The molecular weight excluding hydrogens is 452 g/mol. The predicted octanol–water partition coefficient (Wildman–Crippen LogP) is 2.97. The van der Waals surface area contributed by atoms with Crippen LogP contribution >= 0.6 is 11.3 Å². The van der Waals surface area contributed by atoms with Gasteiger partial charge in [0, 0.05) is 25.3 Å². The molecule has 3 aromatic heterocycles. The molecule has 0 fully saturated rings. The standard InChI is InChI=1S/C24H22N6O3S/c1-13-8-17-18(9-14(13)2)34-21(27-17)15-6-5-7-16(10-15)26-19(31)11-30-12-25-20-22(30)28(3)24(33)29(4)23(20)32/h5-10,12H,11H2,1-4H3,(H,26,31). The molecule has 1 N–H and O–H groups in total. The van der Waals surface area contributed by atoms with Crippen LogP contribution in [0.5, 0.6) is 0 Å². The van der Waals surface area contributed by atoms with Crippen LogP contribution in [-0.2, 0) is 25.4 Å². The van der Waals surface area contributed by atoms with Crippen molar-refractivity contribution < 1.29 is 4.79 Å². The minimum absolute atomic E-state index is 0.0964. The van der Waals surface area contributed by atoms with Crippen LogP contribution < -0.4 is 16.6 Å². The first kappa shape index (κ1) is 21.8. The summed E-state index contributed by atoms with van der Waals surface area (Å²) in [6, 6.07) is 11.8. The second kappa shape index (κ2) is 8.07. The smallest absolute Gasteiger partial charge is 0.325 e. The van der Waals surface area contributed by atoms with Gasteiger partial charge in [-0.1, -0.05) is 12.1 Å². The summed E-state index contributed by atoms with van der Waals surface area (Å²) in [6.45, 7) is 4.06. The van der Waals surface area contributed by atoms with Crippen molar-refractivity contribution in [3.8, 4) is 10.6 Å². The Balaban J connectivity index is 1.41. The number of fused-ring (bicyclic) bond motifs is 2. The summed E-state index contributed by atoms with van der Waals surface area (Å²) >= 11 is 1.61. The van der Waals surface area contributed by atoms with E-state index in [1.807, 2.05) is 18.2 Å². The zero-order valence-electron chi connectivity index (χ0n) is 19.1. The van der Waals surface area contributed by atoms with Crippen molar-refractivity contribution >= 4 is 44.3 Å². The van der Waals surface area contributed by atoms with Gasteiger partial charge in [-0.2, -0.15) is 0 Å². The minimum Gasteiger partial charge on any atom is -0.325 e. The molecule has 1 amide bonds. The highest BCUT2D eigenvalue weighted by Crippen LogP contribution is 2.32. The SMILES string of the molecule is Cc1cc2nc(-c3cccc(NC(=O)Cn4cnc5c(=O)n(C)c(=O)n(C)c54)c3)sc2cc1C. The van der Waals surface area contributed by atoms with Gasteiger partial charge in [-0.3, -0.25) is 18.7 Å². The highest BCUT2D eigenvalue weighted by atomic mass is 32.1. The third-order valence-electron chi connectivity index (χ3n) is 5.92. The van der Waals surface area contributed by atoms with Gasteiger partial charge in [0.25, 0.3) is 5.56 Å². The van der Waals surface area contributed by atoms with Crippen molar-refractivity contribution in [2.75, 3.05) is 5.32 Å². The Hall–Kier alpha value is -4.05. The zero-order valence-corrected chi connectivity index (χ0v) is 19.9. The fourth-order valence-corrected chi connectivity index (χ4v) is 4.99. The highest BCUT2D eigenvalue weighted by molar-refractivity contribution is 7.21. The number of rotatable bonds is 4. The quantitative estimate of drug-likeness (QED) is 0.431. The molecule has 3 heterocycles. The van der Waals surface area contributed by atoms with E-state index in [2.05, 4.69) is 36.3 Å². The number of nitrogens with one attached hydrogen (secondary N) is 1. The fourth-order valence-electron chi connectivity index (χ4n) is 3.94. The Morgan fingerprint density at radius 1 is 1.06 bits per heavy atom. The van der Waals surface area contributed by atoms with Crippen LogP contribution in [0, 0.1) is 13.8 Å². The van der Waals surface area contributed by atoms with Crippen LogP contribution in [0.4, 0.5) is 5.69 Å². The first-order valence-electron chi connectivity index (χ1n) is 10.6. The molecule has 0 unspecified atom stereocenters. The Labute approximate surface area is 197 Å². The number of aromatic nitrogens is 5. The summed E-state index contributed by atoms with van der Waals surface area (Å²) in [6.07, 6.45) is 1.40. The van der Waals surface area contributed by atoms with E-state index in [-0.39, 0.29) is 18.0 Å². The lowest BCUT2D eigenvalue weighted by Gasteiger charge is -2.10. The van der Waals surface area contributed by atoms with Crippen LogP contribution in [0.2, 0.25) is 0 Å². The predicted molar refractivity (Wildman–Crippen MR) is 133 cm³/mol. The molecule has 0 spiro atoms. The third kappa shape index (κ3) is 3.61. The first-order chi connectivity index (χ1) is 16.2. The summed E-state index contributed by atoms with van der Waals surface area (Å²) in [5.41, 5.74) is 4.40. The molecule has 0 atom stereocenters. The van der Waals surface area contributed by atoms with Crippen LogP contribution in [0.3, 0.4) is 0 Å². The molecule has 172 valence electrons. The van der Waals surface area contributed by atoms with Gasteiger partial charge in [-0.15, -0.1) is 11.3 Å². The lowest BCUT2D eigenvalue weighted by Crippen LogP contribution is -2.37. The van der Waals surface area contributed by atoms with Crippen LogP contribution in [-0.4, -0.2) is 29.6 Å². The number of amides is 1. The molecule has 9 nitrogen and oxygen atoms in total. The molecule has 0 saturated carbocycles. The Morgan fingerprint density at radius 3 is 2.62 bits per heavy atom. The second-order valence-corrected chi connectivity index (χ2v) is 9.33. The Bertz CT molecular complexity index is 1680. The van der Waals surface area contributed by atoms with E-state index in [1.54, 1.807) is 24.5 Å². The molecule has 0 bridgehead atoms. The fraction of sp³-hybridized carbons (Fsp3) is 0.208. The van der Waals surface area contributed by atoms with E-state index in [4.69, 9.17) is 4.98 Å². The van der Waals surface area contributed by atoms with Gasteiger partial charge in [-0.05, 0) is 49.2 Å². The van der Waals surface area contributed by atoms with E-state index in [0.717, 1.165) is 25.4 Å². The van der Waals surface area contributed by atoms with E-state index in [0.29, 0.717) is 11.3 Å². The number of carbonyl (C=O) groups excluding carboxylic acids is 1. The summed E-state index contributed by atoms with van der Waals surface area (Å²) in [5, 5.41) is 3.76. The van der Waals surface area contributed by atoms with Gasteiger partial charge in [0.05, 0.1) is 16.5 Å². The topological polar surface area (TPSA) is 104 Å². The molecule has 0 aliphatic heterocycles. The number of hydrogen-bond acceptors (Lipinski definition) is 6. The molecule has 0 aliphatic rings. The maximum atomic E-state index is 12.8. The number of benzene rings is 2. The molecule has 34 heavy (non-hydrogen) atoms. The molecule has 10 heteroatoms. The van der Waals surface area contributed by atoms with E-state index in [1.165, 1.54) is 33.6 Å². The summed E-state index contributed by atoms with van der Waals surface area (Å²) in [4.78, 5) is 46.3. The van der Waals surface area contributed by atoms with Gasteiger partial charge < -0.3 is 9.88 Å². The van der Waals surface area contributed by atoms with E-state index >= 15 is 0 Å². The van der Waals surface area contributed by atoms with Crippen LogP contribution in [0.25, 0.3) is 32.0 Å². The van der Waals surface area contributed by atoms with E-state index < -0.39 is 11.2 Å². The molecule has 5 rings (SSSR count). The average molecular weight is 475 g/mol. The van der Waals surface area contributed by atoms with Crippen LogP contribution in [0.15, 0.2) is 52.3 Å². The molecular formula is C24H22N6O3S. The van der Waals surface area contributed by atoms with Crippen molar-refractivity contribution in [1.29, 1.82) is 0 Å². The molecule has 0 aliphatic carbocycles. The number of aryl methyl sites for hydroxylation is 3. The number of nitrogens with zero attached hydrogens (tertiary/aromatic N) is 5. The molecule has 2 aromatic carbocycles. The maximum Gasteiger partial charge on any atom is 0.332 e. The highest BCUT2D eigenvalue weighted by Gasteiger charge is 2.16. The Kier molecular flexibility index (Phi) is 5.17. The largest absolute Gasteiger partial charge is 0.332 e. The van der Waals surface area contributed by atoms with Crippen LogP contribution in [0.1, 0.15) is 11.1 Å².